The molecule has 1 heterocycles. The molecule has 2 rings (SSSR count). The summed E-state index contributed by atoms with van der Waals surface area (Å²) in [6.07, 6.45) is 2.66. The molecular weight excluding hydrogens is 304 g/mol. The SMILES string of the molecule is CC(=O)N(CC(=O)O)C1CCCN(C(C)c2cccc(C)c2)CC1. The Morgan fingerprint density at radius 2 is 2.08 bits per heavy atom. The number of rotatable bonds is 5. The zero-order valence-electron chi connectivity index (χ0n) is 14.9. The predicted octanol–water partition coefficient (Wildman–Crippen LogP) is 2.84. The van der Waals surface area contributed by atoms with Crippen molar-refractivity contribution in [2.75, 3.05) is 19.6 Å². The summed E-state index contributed by atoms with van der Waals surface area (Å²) in [5.41, 5.74) is 2.57. The summed E-state index contributed by atoms with van der Waals surface area (Å²) in [5, 5.41) is 9.04. The van der Waals surface area contributed by atoms with Gasteiger partial charge >= 0.3 is 5.97 Å². The summed E-state index contributed by atoms with van der Waals surface area (Å²) < 4.78 is 0. The molecule has 1 fully saturated rings. The van der Waals surface area contributed by atoms with Crippen LogP contribution in [0.1, 0.15) is 50.3 Å². The van der Waals surface area contributed by atoms with E-state index in [1.54, 1.807) is 0 Å². The van der Waals surface area contributed by atoms with Crippen LogP contribution in [0.4, 0.5) is 0 Å². The molecule has 132 valence electrons. The average Bonchev–Trinajstić information content (AvgIpc) is 2.77. The Hall–Kier alpha value is -1.88. The van der Waals surface area contributed by atoms with Crippen LogP contribution in [0.5, 0.6) is 0 Å². The van der Waals surface area contributed by atoms with E-state index in [-0.39, 0.29) is 18.5 Å². The van der Waals surface area contributed by atoms with Gasteiger partial charge in [0, 0.05) is 25.6 Å². The van der Waals surface area contributed by atoms with Crippen LogP contribution in [-0.2, 0) is 9.59 Å². The molecular formula is C19H28N2O3. The van der Waals surface area contributed by atoms with Gasteiger partial charge in [0.15, 0.2) is 0 Å². The van der Waals surface area contributed by atoms with E-state index in [2.05, 4.69) is 43.0 Å². The molecule has 5 heteroatoms. The highest BCUT2D eigenvalue weighted by Crippen LogP contribution is 2.26. The van der Waals surface area contributed by atoms with E-state index in [9.17, 15) is 9.59 Å². The number of aliphatic carboxylic acids is 1. The number of hydrogen-bond donors (Lipinski definition) is 1. The minimum absolute atomic E-state index is 0.0216. The lowest BCUT2D eigenvalue weighted by molar-refractivity contribution is -0.145. The molecule has 1 saturated heterocycles. The van der Waals surface area contributed by atoms with Crippen molar-refractivity contribution in [1.29, 1.82) is 0 Å². The third kappa shape index (κ3) is 4.81. The lowest BCUT2D eigenvalue weighted by atomic mass is 10.0. The Labute approximate surface area is 144 Å². The molecule has 1 N–H and O–H groups in total. The standard InChI is InChI=1S/C19H28N2O3/c1-14-6-4-7-17(12-14)15(2)20-10-5-8-18(9-11-20)21(16(3)22)13-19(23)24/h4,6-7,12,15,18H,5,8-11,13H2,1-3H3,(H,23,24). The summed E-state index contributed by atoms with van der Waals surface area (Å²) in [5.74, 6) is -1.10. The van der Waals surface area contributed by atoms with Gasteiger partial charge in [0.05, 0.1) is 0 Å². The van der Waals surface area contributed by atoms with E-state index in [0.29, 0.717) is 6.04 Å². The van der Waals surface area contributed by atoms with Crippen molar-refractivity contribution < 1.29 is 14.7 Å². The van der Waals surface area contributed by atoms with Crippen molar-refractivity contribution in [2.45, 2.75) is 52.1 Å². The second-order valence-corrected chi connectivity index (χ2v) is 6.75. The number of nitrogens with zero attached hydrogens (tertiary/aromatic N) is 2. The summed E-state index contributed by atoms with van der Waals surface area (Å²) in [4.78, 5) is 26.8. The Morgan fingerprint density at radius 1 is 1.33 bits per heavy atom. The van der Waals surface area contributed by atoms with Crippen molar-refractivity contribution in [2.24, 2.45) is 0 Å². The van der Waals surface area contributed by atoms with E-state index >= 15 is 0 Å². The molecule has 0 aromatic heterocycles. The maximum atomic E-state index is 11.8. The van der Waals surface area contributed by atoms with Crippen LogP contribution in [0.15, 0.2) is 24.3 Å². The molecule has 1 amide bonds. The minimum atomic E-state index is -0.945. The van der Waals surface area contributed by atoms with E-state index < -0.39 is 5.97 Å². The number of aryl methyl sites for hydroxylation is 1. The first-order valence-electron chi connectivity index (χ1n) is 8.68. The first kappa shape index (κ1) is 18.5. The Balaban J connectivity index is 2.03. The molecule has 1 aliphatic rings. The molecule has 0 spiro atoms. The minimum Gasteiger partial charge on any atom is -0.480 e. The predicted molar refractivity (Wildman–Crippen MR) is 93.8 cm³/mol. The van der Waals surface area contributed by atoms with Crippen LogP contribution in [0.3, 0.4) is 0 Å². The molecule has 0 aliphatic carbocycles. The number of carbonyl (C=O) groups is 2. The summed E-state index contributed by atoms with van der Waals surface area (Å²) in [6.45, 7) is 7.43. The fourth-order valence-corrected chi connectivity index (χ4v) is 3.58. The van der Waals surface area contributed by atoms with Gasteiger partial charge in [-0.2, -0.15) is 0 Å². The molecule has 0 radical (unpaired) electrons. The molecule has 24 heavy (non-hydrogen) atoms. The number of carboxylic acid groups (broad SMARTS) is 1. The maximum absolute atomic E-state index is 11.8. The first-order valence-corrected chi connectivity index (χ1v) is 8.68. The molecule has 0 saturated carbocycles. The highest BCUT2D eigenvalue weighted by molar-refractivity contribution is 5.79. The normalized spacial score (nSPS) is 20.2. The first-order chi connectivity index (χ1) is 11.4. The van der Waals surface area contributed by atoms with Crippen LogP contribution >= 0.6 is 0 Å². The third-order valence-corrected chi connectivity index (χ3v) is 4.96. The van der Waals surface area contributed by atoms with Gasteiger partial charge in [-0.25, -0.2) is 0 Å². The van der Waals surface area contributed by atoms with Crippen LogP contribution in [0.2, 0.25) is 0 Å². The number of carbonyl (C=O) groups excluding carboxylic acids is 1. The Bertz CT molecular complexity index is 588. The second kappa shape index (κ2) is 8.29. The molecule has 1 aromatic rings. The summed E-state index contributed by atoms with van der Waals surface area (Å²) in [6, 6.07) is 8.92. The topological polar surface area (TPSA) is 60.9 Å². The molecule has 2 atom stereocenters. The lowest BCUT2D eigenvalue weighted by Crippen LogP contribution is -2.42. The van der Waals surface area contributed by atoms with E-state index in [1.165, 1.54) is 23.0 Å². The lowest BCUT2D eigenvalue weighted by Gasteiger charge is -2.30. The molecule has 1 aromatic carbocycles. The van der Waals surface area contributed by atoms with Gasteiger partial charge < -0.3 is 10.0 Å². The monoisotopic (exact) mass is 332 g/mol. The largest absolute Gasteiger partial charge is 0.480 e. The third-order valence-electron chi connectivity index (χ3n) is 4.96. The van der Waals surface area contributed by atoms with Gasteiger partial charge in [0.25, 0.3) is 0 Å². The van der Waals surface area contributed by atoms with Crippen molar-refractivity contribution in [3.8, 4) is 0 Å². The van der Waals surface area contributed by atoms with Gasteiger partial charge in [0.1, 0.15) is 6.54 Å². The van der Waals surface area contributed by atoms with E-state index in [0.717, 1.165) is 32.4 Å². The van der Waals surface area contributed by atoms with Crippen molar-refractivity contribution in [3.63, 3.8) is 0 Å². The Kier molecular flexibility index (Phi) is 6.37. The number of amides is 1. The van der Waals surface area contributed by atoms with Crippen molar-refractivity contribution in [1.82, 2.24) is 9.80 Å². The number of likely N-dealkylation sites (tertiary alicyclic amines) is 1. The average molecular weight is 332 g/mol. The number of benzene rings is 1. The fourth-order valence-electron chi connectivity index (χ4n) is 3.58. The van der Waals surface area contributed by atoms with Gasteiger partial charge in [0.2, 0.25) is 5.91 Å². The molecule has 0 bridgehead atoms. The zero-order chi connectivity index (χ0) is 17.7. The fraction of sp³-hybridized carbons (Fsp3) is 0.579. The van der Waals surface area contributed by atoms with Crippen molar-refractivity contribution >= 4 is 11.9 Å². The smallest absolute Gasteiger partial charge is 0.323 e. The number of carboxylic acids is 1. The zero-order valence-corrected chi connectivity index (χ0v) is 14.9. The summed E-state index contributed by atoms with van der Waals surface area (Å²) in [7, 11) is 0. The second-order valence-electron chi connectivity index (χ2n) is 6.75. The van der Waals surface area contributed by atoms with Crippen molar-refractivity contribution in [3.05, 3.63) is 35.4 Å². The maximum Gasteiger partial charge on any atom is 0.323 e. The highest BCUT2D eigenvalue weighted by atomic mass is 16.4. The Morgan fingerprint density at radius 3 is 2.71 bits per heavy atom. The van der Waals surface area contributed by atoms with Gasteiger partial charge in [-0.15, -0.1) is 0 Å². The highest BCUT2D eigenvalue weighted by Gasteiger charge is 2.27. The molecule has 2 unspecified atom stereocenters. The van der Waals surface area contributed by atoms with Gasteiger partial charge in [-0.1, -0.05) is 29.8 Å². The van der Waals surface area contributed by atoms with Gasteiger partial charge in [-0.3, -0.25) is 14.5 Å². The molecule has 5 nitrogen and oxygen atoms in total. The number of hydrogen-bond acceptors (Lipinski definition) is 3. The van der Waals surface area contributed by atoms with Crippen LogP contribution in [0.25, 0.3) is 0 Å². The van der Waals surface area contributed by atoms with Crippen LogP contribution in [0, 0.1) is 6.92 Å². The molecule has 1 aliphatic heterocycles. The quantitative estimate of drug-likeness (QED) is 0.901. The summed E-state index contributed by atoms with van der Waals surface area (Å²) >= 11 is 0. The van der Waals surface area contributed by atoms with Crippen LogP contribution < -0.4 is 0 Å². The van der Waals surface area contributed by atoms with E-state index in [1.807, 2.05) is 0 Å². The van der Waals surface area contributed by atoms with E-state index in [4.69, 9.17) is 5.11 Å². The van der Waals surface area contributed by atoms with Crippen LogP contribution in [-0.4, -0.2) is 52.5 Å². The van der Waals surface area contributed by atoms with Gasteiger partial charge in [-0.05, 0) is 45.2 Å².